The van der Waals surface area contributed by atoms with Gasteiger partial charge in [0, 0.05) is 6.42 Å². The Labute approximate surface area is 343 Å². The molecule has 1 saturated heterocycles. The van der Waals surface area contributed by atoms with E-state index in [2.05, 4.69) is 43.5 Å². The number of carbonyl (C=O) groups excluding carboxylic acids is 1. The zero-order chi connectivity index (χ0) is 40.9. The van der Waals surface area contributed by atoms with E-state index in [9.17, 15) is 30.3 Å². The van der Waals surface area contributed by atoms with E-state index in [0.717, 1.165) is 64.2 Å². The van der Waals surface area contributed by atoms with Crippen LogP contribution in [0.15, 0.2) is 24.3 Å². The van der Waals surface area contributed by atoms with Crippen LogP contribution in [0.5, 0.6) is 0 Å². The lowest BCUT2D eigenvalue weighted by atomic mass is 9.99. The molecule has 9 nitrogen and oxygen atoms in total. The summed E-state index contributed by atoms with van der Waals surface area (Å²) in [5.41, 5.74) is 0. The van der Waals surface area contributed by atoms with Crippen molar-refractivity contribution in [3.05, 3.63) is 24.3 Å². The SMILES string of the molecule is CCCCC/C=C\C/C=C\CCCCCCCC(=O)NC(COC1OC(CO)C(O)C(O)C1O)C(O)CCCCCCCCCCCCCCCCCCCC. The molecule has 0 saturated carbocycles. The number of aliphatic hydroxyl groups excluding tert-OH is 5. The van der Waals surface area contributed by atoms with E-state index in [0.29, 0.717) is 12.8 Å². The average Bonchev–Trinajstić information content (AvgIpc) is 3.20. The summed E-state index contributed by atoms with van der Waals surface area (Å²) in [4.78, 5) is 13.0. The minimum Gasteiger partial charge on any atom is -0.394 e. The molecule has 7 unspecified atom stereocenters. The lowest BCUT2D eigenvalue weighted by molar-refractivity contribution is -0.302. The van der Waals surface area contributed by atoms with Gasteiger partial charge in [0.15, 0.2) is 6.29 Å². The summed E-state index contributed by atoms with van der Waals surface area (Å²) in [5, 5.41) is 54.4. The first-order valence-corrected chi connectivity index (χ1v) is 23.5. The fourth-order valence-electron chi connectivity index (χ4n) is 7.48. The Morgan fingerprint density at radius 1 is 0.607 bits per heavy atom. The summed E-state index contributed by atoms with van der Waals surface area (Å²) in [5.74, 6) is -0.157. The van der Waals surface area contributed by atoms with Crippen molar-refractivity contribution in [2.24, 2.45) is 0 Å². The van der Waals surface area contributed by atoms with Gasteiger partial charge < -0.3 is 40.3 Å². The highest BCUT2D eigenvalue weighted by Crippen LogP contribution is 2.23. The van der Waals surface area contributed by atoms with Gasteiger partial charge in [-0.2, -0.15) is 0 Å². The van der Waals surface area contributed by atoms with Crippen LogP contribution in [0.4, 0.5) is 0 Å². The van der Waals surface area contributed by atoms with Crippen LogP contribution in [-0.4, -0.2) is 87.5 Å². The van der Waals surface area contributed by atoms with E-state index in [1.165, 1.54) is 122 Å². The van der Waals surface area contributed by atoms with Gasteiger partial charge in [-0.3, -0.25) is 4.79 Å². The number of rotatable bonds is 39. The maximum Gasteiger partial charge on any atom is 0.220 e. The highest BCUT2D eigenvalue weighted by atomic mass is 16.7. The Hall–Kier alpha value is -1.33. The highest BCUT2D eigenvalue weighted by molar-refractivity contribution is 5.76. The Balaban J connectivity index is 2.33. The largest absolute Gasteiger partial charge is 0.394 e. The van der Waals surface area contributed by atoms with E-state index >= 15 is 0 Å². The molecule has 7 atom stereocenters. The molecule has 0 aromatic rings. The molecule has 1 aliphatic rings. The van der Waals surface area contributed by atoms with Gasteiger partial charge in [-0.1, -0.05) is 186 Å². The van der Waals surface area contributed by atoms with E-state index in [4.69, 9.17) is 9.47 Å². The monoisotopic (exact) mass is 796 g/mol. The predicted octanol–water partition coefficient (Wildman–Crippen LogP) is 9.89. The quantitative estimate of drug-likeness (QED) is 0.0266. The molecule has 1 amide bonds. The predicted molar refractivity (Wildman–Crippen MR) is 230 cm³/mol. The second-order valence-corrected chi connectivity index (χ2v) is 16.6. The van der Waals surface area contributed by atoms with E-state index < -0.39 is 49.5 Å². The molecule has 56 heavy (non-hydrogen) atoms. The Bertz CT molecular complexity index is 930. The first kappa shape index (κ1) is 52.7. The molecule has 0 aliphatic carbocycles. The number of hydrogen-bond acceptors (Lipinski definition) is 8. The standard InChI is InChI=1S/C47H89NO8/c1-3-5-7-9-11-13-15-17-19-20-21-23-24-26-28-30-32-34-36-41(50)40(39-55-47-46(54)45(53)44(52)42(38-49)56-47)48-43(51)37-35-33-31-29-27-25-22-18-16-14-12-10-8-6-4-2/h12,14,18,22,40-42,44-47,49-50,52-54H,3-11,13,15-17,19-21,23-39H2,1-2H3,(H,48,51)/b14-12-,22-18-. The number of hydrogen-bond donors (Lipinski definition) is 6. The fraction of sp³-hybridized carbons (Fsp3) is 0.894. The van der Waals surface area contributed by atoms with E-state index in [1.54, 1.807) is 0 Å². The molecule has 330 valence electrons. The normalized spacial score (nSPS) is 21.3. The maximum absolute atomic E-state index is 13.0. The smallest absolute Gasteiger partial charge is 0.220 e. The van der Waals surface area contributed by atoms with Crippen molar-refractivity contribution in [1.29, 1.82) is 0 Å². The Morgan fingerprint density at radius 3 is 1.57 bits per heavy atom. The summed E-state index contributed by atoms with van der Waals surface area (Å²) in [7, 11) is 0. The summed E-state index contributed by atoms with van der Waals surface area (Å²) < 4.78 is 11.3. The van der Waals surface area contributed by atoms with E-state index in [1.807, 2.05) is 0 Å². The van der Waals surface area contributed by atoms with Crippen LogP contribution in [-0.2, 0) is 14.3 Å². The molecule has 6 N–H and O–H groups in total. The summed E-state index contributed by atoms with van der Waals surface area (Å²) >= 11 is 0. The van der Waals surface area contributed by atoms with Crippen LogP contribution in [0.3, 0.4) is 0 Å². The third kappa shape index (κ3) is 28.2. The molecule has 1 fully saturated rings. The zero-order valence-electron chi connectivity index (χ0n) is 36.1. The number of ether oxygens (including phenoxy) is 2. The second-order valence-electron chi connectivity index (χ2n) is 16.6. The maximum atomic E-state index is 13.0. The molecular weight excluding hydrogens is 707 g/mol. The third-order valence-electron chi connectivity index (χ3n) is 11.3. The van der Waals surface area contributed by atoms with Gasteiger partial charge in [-0.15, -0.1) is 0 Å². The Morgan fingerprint density at radius 2 is 1.05 bits per heavy atom. The molecule has 0 spiro atoms. The van der Waals surface area contributed by atoms with Crippen molar-refractivity contribution in [1.82, 2.24) is 5.32 Å². The van der Waals surface area contributed by atoms with Gasteiger partial charge >= 0.3 is 0 Å². The number of nitrogens with one attached hydrogen (secondary N) is 1. The molecule has 1 aliphatic heterocycles. The lowest BCUT2D eigenvalue weighted by Gasteiger charge is -2.40. The second kappa shape index (κ2) is 37.9. The number of aliphatic hydroxyl groups is 5. The van der Waals surface area contributed by atoms with Gasteiger partial charge in [0.05, 0.1) is 25.4 Å². The van der Waals surface area contributed by atoms with Gasteiger partial charge in [0.2, 0.25) is 5.91 Å². The first-order chi connectivity index (χ1) is 27.3. The molecule has 0 aromatic heterocycles. The fourth-order valence-corrected chi connectivity index (χ4v) is 7.48. The average molecular weight is 796 g/mol. The summed E-state index contributed by atoms with van der Waals surface area (Å²) in [6.07, 6.45) is 37.5. The van der Waals surface area contributed by atoms with Crippen LogP contribution in [0.2, 0.25) is 0 Å². The van der Waals surface area contributed by atoms with Crippen molar-refractivity contribution < 1.29 is 39.8 Å². The van der Waals surface area contributed by atoms with Crippen LogP contribution in [0.25, 0.3) is 0 Å². The molecule has 0 radical (unpaired) electrons. The van der Waals surface area contributed by atoms with Gasteiger partial charge in [0.1, 0.15) is 24.4 Å². The third-order valence-corrected chi connectivity index (χ3v) is 11.3. The molecular formula is C47H89NO8. The summed E-state index contributed by atoms with van der Waals surface area (Å²) in [6, 6.07) is -0.723. The Kier molecular flexibility index (Phi) is 35.7. The van der Waals surface area contributed by atoms with Crippen LogP contribution >= 0.6 is 0 Å². The first-order valence-electron chi connectivity index (χ1n) is 23.5. The molecule has 9 heteroatoms. The molecule has 0 bridgehead atoms. The summed E-state index contributed by atoms with van der Waals surface area (Å²) in [6.45, 7) is 3.80. The number of carbonyl (C=O) groups is 1. The minimum atomic E-state index is -1.55. The minimum absolute atomic E-state index is 0.142. The van der Waals surface area contributed by atoms with Crippen molar-refractivity contribution in [3.8, 4) is 0 Å². The van der Waals surface area contributed by atoms with Crippen molar-refractivity contribution in [2.45, 2.75) is 256 Å². The number of unbranched alkanes of at least 4 members (excludes halogenated alkanes) is 25. The highest BCUT2D eigenvalue weighted by Gasteiger charge is 2.44. The zero-order valence-corrected chi connectivity index (χ0v) is 36.1. The van der Waals surface area contributed by atoms with Gasteiger partial charge in [-0.05, 0) is 44.9 Å². The lowest BCUT2D eigenvalue weighted by Crippen LogP contribution is -2.60. The number of amides is 1. The molecule has 0 aromatic carbocycles. The topological polar surface area (TPSA) is 149 Å². The van der Waals surface area contributed by atoms with E-state index in [-0.39, 0.29) is 12.5 Å². The molecule has 1 heterocycles. The van der Waals surface area contributed by atoms with Crippen molar-refractivity contribution in [2.75, 3.05) is 13.2 Å². The van der Waals surface area contributed by atoms with Crippen LogP contribution in [0, 0.1) is 0 Å². The van der Waals surface area contributed by atoms with Gasteiger partial charge in [-0.25, -0.2) is 0 Å². The molecule has 1 rings (SSSR count). The van der Waals surface area contributed by atoms with Crippen molar-refractivity contribution >= 4 is 5.91 Å². The van der Waals surface area contributed by atoms with Crippen LogP contribution < -0.4 is 5.32 Å². The van der Waals surface area contributed by atoms with Gasteiger partial charge in [0.25, 0.3) is 0 Å². The van der Waals surface area contributed by atoms with Crippen LogP contribution in [0.1, 0.15) is 213 Å². The number of allylic oxidation sites excluding steroid dienone is 4. The van der Waals surface area contributed by atoms with Crippen molar-refractivity contribution in [3.63, 3.8) is 0 Å².